The molecule has 1 aliphatic heterocycles. The van der Waals surface area contributed by atoms with Crippen LogP contribution in [0, 0.1) is 11.6 Å². The van der Waals surface area contributed by atoms with Crippen molar-refractivity contribution in [3.8, 4) is 0 Å². The Bertz CT molecular complexity index is 428. The van der Waals surface area contributed by atoms with Crippen molar-refractivity contribution in [3.05, 3.63) is 29.8 Å². The van der Waals surface area contributed by atoms with E-state index in [0.717, 1.165) is 12.1 Å². The van der Waals surface area contributed by atoms with Crippen LogP contribution in [0.5, 0.6) is 0 Å². The molecule has 17 heavy (non-hydrogen) atoms. The van der Waals surface area contributed by atoms with Gasteiger partial charge in [-0.05, 0) is 12.1 Å². The highest BCUT2D eigenvalue weighted by molar-refractivity contribution is 5.65. The minimum Gasteiger partial charge on any atom is -0.345 e. The van der Waals surface area contributed by atoms with Crippen molar-refractivity contribution in [2.45, 2.75) is 12.3 Å². The molecule has 1 aliphatic rings. The second-order valence-electron chi connectivity index (χ2n) is 3.77. The van der Waals surface area contributed by atoms with E-state index in [9.17, 15) is 13.6 Å². The molecule has 0 bridgehead atoms. The van der Waals surface area contributed by atoms with E-state index in [1.54, 1.807) is 4.90 Å². The van der Waals surface area contributed by atoms with E-state index < -0.39 is 17.9 Å². The summed E-state index contributed by atoms with van der Waals surface area (Å²) in [7, 11) is 0. The van der Waals surface area contributed by atoms with Crippen molar-refractivity contribution < 1.29 is 18.3 Å². The summed E-state index contributed by atoms with van der Waals surface area (Å²) in [6.45, 7) is 0.648. The van der Waals surface area contributed by atoms with E-state index in [4.69, 9.17) is 10.5 Å². The first-order valence-corrected chi connectivity index (χ1v) is 5.18. The summed E-state index contributed by atoms with van der Waals surface area (Å²) in [5.41, 5.74) is 5.84. The quantitative estimate of drug-likeness (QED) is 0.791. The number of anilines is 1. The molecule has 2 N–H and O–H groups in total. The molecular weight excluding hydrogens is 230 g/mol. The highest BCUT2D eigenvalue weighted by atomic mass is 19.2. The maximum atomic E-state index is 13.1. The van der Waals surface area contributed by atoms with Crippen molar-refractivity contribution >= 4 is 12.0 Å². The van der Waals surface area contributed by atoms with Crippen LogP contribution in [0.3, 0.4) is 0 Å². The van der Waals surface area contributed by atoms with Crippen molar-refractivity contribution in [1.29, 1.82) is 0 Å². The third-order valence-electron chi connectivity index (χ3n) is 2.65. The summed E-state index contributed by atoms with van der Waals surface area (Å²) in [6, 6.07) is 3.45. The Morgan fingerprint density at radius 3 is 2.82 bits per heavy atom. The molecule has 0 saturated carbocycles. The van der Waals surface area contributed by atoms with Gasteiger partial charge in [-0.3, -0.25) is 4.79 Å². The zero-order valence-electron chi connectivity index (χ0n) is 8.98. The monoisotopic (exact) mass is 242 g/mol. The molecule has 6 heteroatoms. The number of aldehydes is 1. The van der Waals surface area contributed by atoms with Gasteiger partial charge in [0.1, 0.15) is 0 Å². The fraction of sp³-hybridized carbons (Fsp3) is 0.364. The van der Waals surface area contributed by atoms with E-state index in [-0.39, 0.29) is 12.6 Å². The molecule has 1 fully saturated rings. The van der Waals surface area contributed by atoms with E-state index >= 15 is 0 Å². The Morgan fingerprint density at radius 2 is 2.24 bits per heavy atom. The van der Waals surface area contributed by atoms with Gasteiger partial charge in [0.2, 0.25) is 0 Å². The van der Waals surface area contributed by atoms with Crippen LogP contribution in [-0.4, -0.2) is 31.7 Å². The van der Waals surface area contributed by atoms with Crippen LogP contribution in [0.25, 0.3) is 0 Å². The Balaban J connectivity index is 2.25. The number of nitrogens with zero attached hydrogens (tertiary/aromatic N) is 1. The number of carbonyl (C=O) groups excluding carboxylic acids is 1. The molecule has 0 radical (unpaired) electrons. The summed E-state index contributed by atoms with van der Waals surface area (Å²) >= 11 is 0. The first-order valence-electron chi connectivity index (χ1n) is 5.18. The molecular formula is C11H12F2N2O2. The number of carbonyl (C=O) groups is 1. The van der Waals surface area contributed by atoms with Crippen LogP contribution in [0.15, 0.2) is 18.2 Å². The molecule has 1 heterocycles. The smallest absolute Gasteiger partial charge is 0.187 e. The lowest BCUT2D eigenvalue weighted by molar-refractivity contribution is -0.117. The number of benzene rings is 1. The van der Waals surface area contributed by atoms with Crippen LogP contribution in [0.1, 0.15) is 0 Å². The van der Waals surface area contributed by atoms with Crippen LogP contribution >= 0.6 is 0 Å². The van der Waals surface area contributed by atoms with Crippen LogP contribution in [-0.2, 0) is 9.53 Å². The summed E-state index contributed by atoms with van der Waals surface area (Å²) in [5, 5.41) is 0. The molecule has 0 aromatic heterocycles. The van der Waals surface area contributed by atoms with Gasteiger partial charge in [0, 0.05) is 24.8 Å². The molecule has 0 spiro atoms. The second-order valence-corrected chi connectivity index (χ2v) is 3.77. The van der Waals surface area contributed by atoms with Gasteiger partial charge in [-0.15, -0.1) is 0 Å². The number of hydrogen-bond donors (Lipinski definition) is 1. The minimum absolute atomic E-state index is 0.268. The number of halogens is 2. The van der Waals surface area contributed by atoms with Crippen molar-refractivity contribution in [3.63, 3.8) is 0 Å². The van der Waals surface area contributed by atoms with Crippen molar-refractivity contribution in [2.75, 3.05) is 18.0 Å². The number of rotatable bonds is 3. The fourth-order valence-electron chi connectivity index (χ4n) is 1.79. The minimum atomic E-state index is -0.955. The van der Waals surface area contributed by atoms with Gasteiger partial charge in [-0.2, -0.15) is 0 Å². The Kier molecular flexibility index (Phi) is 3.35. The standard InChI is InChI=1S/C11H12F2N2O2/c12-9-2-1-7(3-10(9)13)15-5-8(4-14)17-11(15)6-16/h1-3,6,8,11H,4-5,14H2. The maximum absolute atomic E-state index is 13.1. The summed E-state index contributed by atoms with van der Waals surface area (Å²) in [4.78, 5) is 12.4. The van der Waals surface area contributed by atoms with Gasteiger partial charge in [-0.25, -0.2) is 8.78 Å². The SMILES string of the molecule is NCC1CN(c2ccc(F)c(F)c2)C(C=O)O1. The molecule has 1 aromatic carbocycles. The first-order chi connectivity index (χ1) is 8.15. The number of nitrogens with two attached hydrogens (primary N) is 1. The van der Waals surface area contributed by atoms with Crippen molar-refractivity contribution in [1.82, 2.24) is 0 Å². The molecule has 0 aliphatic carbocycles. The zero-order valence-corrected chi connectivity index (χ0v) is 8.98. The molecule has 0 amide bonds. The Hall–Kier alpha value is -1.53. The largest absolute Gasteiger partial charge is 0.345 e. The number of ether oxygens (including phenoxy) is 1. The molecule has 2 rings (SSSR count). The lowest BCUT2D eigenvalue weighted by atomic mass is 10.2. The van der Waals surface area contributed by atoms with E-state index in [1.165, 1.54) is 6.07 Å². The van der Waals surface area contributed by atoms with Crippen LogP contribution in [0.2, 0.25) is 0 Å². The fourth-order valence-corrected chi connectivity index (χ4v) is 1.79. The Labute approximate surface area is 97.0 Å². The topological polar surface area (TPSA) is 55.6 Å². The predicted octanol–water partition coefficient (Wildman–Crippen LogP) is 0.654. The highest BCUT2D eigenvalue weighted by Gasteiger charge is 2.32. The van der Waals surface area contributed by atoms with Crippen LogP contribution < -0.4 is 10.6 Å². The third-order valence-corrected chi connectivity index (χ3v) is 2.65. The third kappa shape index (κ3) is 2.27. The van der Waals surface area contributed by atoms with Gasteiger partial charge >= 0.3 is 0 Å². The molecule has 1 saturated heterocycles. The molecule has 2 unspecified atom stereocenters. The molecule has 1 aromatic rings. The average molecular weight is 242 g/mol. The summed E-state index contributed by atoms with van der Waals surface area (Å²) < 4.78 is 31.2. The van der Waals surface area contributed by atoms with Crippen molar-refractivity contribution in [2.24, 2.45) is 5.73 Å². The maximum Gasteiger partial charge on any atom is 0.187 e. The highest BCUT2D eigenvalue weighted by Crippen LogP contribution is 2.25. The zero-order chi connectivity index (χ0) is 12.4. The lowest BCUT2D eigenvalue weighted by Gasteiger charge is -2.20. The second kappa shape index (κ2) is 4.77. The predicted molar refractivity (Wildman–Crippen MR) is 57.5 cm³/mol. The number of hydrogen-bond acceptors (Lipinski definition) is 4. The summed E-state index contributed by atoms with van der Waals surface area (Å²) in [5.74, 6) is -1.88. The van der Waals surface area contributed by atoms with Gasteiger partial charge in [-0.1, -0.05) is 0 Å². The van der Waals surface area contributed by atoms with Gasteiger partial charge in [0.05, 0.1) is 6.10 Å². The Morgan fingerprint density at radius 1 is 1.47 bits per heavy atom. The van der Waals surface area contributed by atoms with Gasteiger partial charge < -0.3 is 15.4 Å². The normalized spacial score (nSPS) is 24.1. The van der Waals surface area contributed by atoms with E-state index in [1.807, 2.05) is 0 Å². The van der Waals surface area contributed by atoms with Gasteiger partial charge in [0.15, 0.2) is 24.1 Å². The van der Waals surface area contributed by atoms with E-state index in [0.29, 0.717) is 18.5 Å². The van der Waals surface area contributed by atoms with Crippen LogP contribution in [0.4, 0.5) is 14.5 Å². The van der Waals surface area contributed by atoms with Gasteiger partial charge in [0.25, 0.3) is 0 Å². The first kappa shape index (κ1) is 11.9. The van der Waals surface area contributed by atoms with E-state index in [2.05, 4.69) is 0 Å². The lowest BCUT2D eigenvalue weighted by Crippen LogP contribution is -2.31. The average Bonchev–Trinajstić information content (AvgIpc) is 2.76. The summed E-state index contributed by atoms with van der Waals surface area (Å²) in [6.07, 6.45) is -0.469. The molecule has 4 nitrogen and oxygen atoms in total. The molecule has 2 atom stereocenters. The molecule has 92 valence electrons.